The summed E-state index contributed by atoms with van der Waals surface area (Å²) >= 11 is 0. The molecule has 1 atom stereocenters. The third-order valence-corrected chi connectivity index (χ3v) is 4.61. The van der Waals surface area contributed by atoms with E-state index in [1.54, 1.807) is 18.5 Å². The quantitative estimate of drug-likeness (QED) is 0.941. The molecule has 1 fully saturated rings. The number of benzene rings is 1. The molecule has 0 saturated carbocycles. The van der Waals surface area contributed by atoms with E-state index in [0.29, 0.717) is 6.04 Å². The molecule has 0 radical (unpaired) electrons. The average molecular weight is 317 g/mol. The van der Waals surface area contributed by atoms with Gasteiger partial charge < -0.3 is 10.2 Å². The Bertz CT molecular complexity index is 661. The van der Waals surface area contributed by atoms with Crippen molar-refractivity contribution in [2.45, 2.75) is 38.8 Å². The minimum atomic E-state index is -0.166. The first-order valence-electron chi connectivity index (χ1n) is 8.15. The van der Waals surface area contributed by atoms with Crippen molar-refractivity contribution in [3.05, 3.63) is 41.7 Å². The van der Waals surface area contributed by atoms with Crippen LogP contribution in [0.5, 0.6) is 0 Å². The molecule has 1 saturated heterocycles. The largest absolute Gasteiger partial charge is 0.371 e. The summed E-state index contributed by atoms with van der Waals surface area (Å²) in [6.45, 7) is 6.06. The fraction of sp³-hybridized carbons (Fsp3) is 0.529. The highest BCUT2D eigenvalue weighted by atomic mass is 19.1. The second-order valence-electron chi connectivity index (χ2n) is 6.32. The van der Waals surface area contributed by atoms with Gasteiger partial charge in [-0.2, -0.15) is 5.10 Å². The van der Waals surface area contributed by atoms with Crippen LogP contribution in [0, 0.1) is 12.7 Å². The number of hydrogen-bond acceptors (Lipinski definition) is 4. The molecule has 2 heterocycles. The van der Waals surface area contributed by atoms with Gasteiger partial charge in [0.15, 0.2) is 0 Å². The van der Waals surface area contributed by atoms with Gasteiger partial charge in [0.25, 0.3) is 0 Å². The number of hydrogen-bond donors (Lipinski definition) is 1. The van der Waals surface area contributed by atoms with E-state index in [0.717, 1.165) is 43.0 Å². The highest BCUT2D eigenvalue weighted by molar-refractivity contribution is 5.53. The monoisotopic (exact) mass is 317 g/mol. The van der Waals surface area contributed by atoms with Crippen molar-refractivity contribution >= 4 is 5.69 Å². The predicted octanol–water partition coefficient (Wildman–Crippen LogP) is 2.58. The van der Waals surface area contributed by atoms with Crippen LogP contribution in [-0.4, -0.2) is 33.9 Å². The van der Waals surface area contributed by atoms with Crippen molar-refractivity contribution < 1.29 is 4.39 Å². The molecule has 124 valence electrons. The zero-order chi connectivity index (χ0) is 16.4. The number of anilines is 1. The van der Waals surface area contributed by atoms with Gasteiger partial charge in [0.05, 0.1) is 6.04 Å². The first-order valence-corrected chi connectivity index (χ1v) is 8.15. The number of rotatable bonds is 4. The van der Waals surface area contributed by atoms with Gasteiger partial charge in [-0.3, -0.25) is 4.68 Å². The van der Waals surface area contributed by atoms with Crippen LogP contribution < -0.4 is 10.2 Å². The Kier molecular flexibility index (Phi) is 4.61. The molecule has 0 amide bonds. The lowest BCUT2D eigenvalue weighted by atomic mass is 10.0. The van der Waals surface area contributed by atoms with Gasteiger partial charge in [0.1, 0.15) is 18.0 Å². The van der Waals surface area contributed by atoms with E-state index in [4.69, 9.17) is 0 Å². The summed E-state index contributed by atoms with van der Waals surface area (Å²) in [6, 6.07) is 5.70. The van der Waals surface area contributed by atoms with Crippen LogP contribution in [0.4, 0.5) is 10.1 Å². The Labute approximate surface area is 136 Å². The number of nitrogens with one attached hydrogen (secondary N) is 1. The van der Waals surface area contributed by atoms with Crippen LogP contribution in [0.3, 0.4) is 0 Å². The Morgan fingerprint density at radius 2 is 2.04 bits per heavy atom. The van der Waals surface area contributed by atoms with Crippen LogP contribution in [0.25, 0.3) is 0 Å². The van der Waals surface area contributed by atoms with Crippen molar-refractivity contribution in [1.82, 2.24) is 20.1 Å². The SMILES string of the molecule is Cc1cc(F)ccc1N1CCC(NC(C)c2ncnn2C)CC1. The lowest BCUT2D eigenvalue weighted by molar-refractivity contribution is 0.368. The van der Waals surface area contributed by atoms with E-state index < -0.39 is 0 Å². The molecule has 1 unspecified atom stereocenters. The summed E-state index contributed by atoms with van der Waals surface area (Å²) in [4.78, 5) is 6.65. The fourth-order valence-electron chi connectivity index (χ4n) is 3.39. The summed E-state index contributed by atoms with van der Waals surface area (Å²) in [6.07, 6.45) is 3.73. The smallest absolute Gasteiger partial charge is 0.143 e. The normalized spacial score (nSPS) is 17.5. The zero-order valence-electron chi connectivity index (χ0n) is 14.0. The van der Waals surface area contributed by atoms with E-state index >= 15 is 0 Å². The van der Waals surface area contributed by atoms with E-state index in [-0.39, 0.29) is 11.9 Å². The van der Waals surface area contributed by atoms with Crippen LogP contribution in [0.1, 0.15) is 37.2 Å². The molecule has 0 aliphatic carbocycles. The molecule has 1 aliphatic heterocycles. The van der Waals surface area contributed by atoms with Gasteiger partial charge in [-0.25, -0.2) is 9.37 Å². The van der Waals surface area contributed by atoms with Crippen LogP contribution >= 0.6 is 0 Å². The second kappa shape index (κ2) is 6.66. The maximum atomic E-state index is 13.2. The average Bonchev–Trinajstić information content (AvgIpc) is 2.95. The summed E-state index contributed by atoms with van der Waals surface area (Å²) < 4.78 is 15.1. The van der Waals surface area contributed by atoms with Gasteiger partial charge in [-0.05, 0) is 50.5 Å². The Morgan fingerprint density at radius 3 is 2.65 bits per heavy atom. The topological polar surface area (TPSA) is 46.0 Å². The molecule has 5 nitrogen and oxygen atoms in total. The summed E-state index contributed by atoms with van der Waals surface area (Å²) in [5, 5.41) is 7.77. The molecular formula is C17H24FN5. The van der Waals surface area contributed by atoms with E-state index in [1.807, 2.05) is 24.7 Å². The van der Waals surface area contributed by atoms with E-state index in [9.17, 15) is 4.39 Å². The zero-order valence-corrected chi connectivity index (χ0v) is 14.0. The molecule has 3 rings (SSSR count). The molecule has 1 aliphatic rings. The number of aryl methyl sites for hydroxylation is 2. The predicted molar refractivity (Wildman–Crippen MR) is 88.9 cm³/mol. The van der Waals surface area contributed by atoms with Crippen molar-refractivity contribution in [3.63, 3.8) is 0 Å². The lowest BCUT2D eigenvalue weighted by Gasteiger charge is -2.36. The van der Waals surface area contributed by atoms with Gasteiger partial charge in [0, 0.05) is 31.9 Å². The summed E-state index contributed by atoms with van der Waals surface area (Å²) in [5.74, 6) is 0.794. The molecule has 1 aromatic heterocycles. The second-order valence-corrected chi connectivity index (χ2v) is 6.32. The van der Waals surface area contributed by atoms with E-state index in [1.165, 1.54) is 0 Å². The van der Waals surface area contributed by atoms with Crippen molar-refractivity contribution in [2.75, 3.05) is 18.0 Å². The molecule has 2 aromatic rings. The highest BCUT2D eigenvalue weighted by Gasteiger charge is 2.23. The first-order chi connectivity index (χ1) is 11.0. The number of piperidine rings is 1. The molecule has 1 N–H and O–H groups in total. The van der Waals surface area contributed by atoms with Crippen LogP contribution in [0.15, 0.2) is 24.5 Å². The molecule has 6 heteroatoms. The summed E-state index contributed by atoms with van der Waals surface area (Å²) in [5.41, 5.74) is 2.15. The van der Waals surface area contributed by atoms with Gasteiger partial charge in [-0.15, -0.1) is 0 Å². The number of aromatic nitrogens is 3. The Morgan fingerprint density at radius 1 is 1.30 bits per heavy atom. The van der Waals surface area contributed by atoms with Gasteiger partial charge in [-0.1, -0.05) is 0 Å². The number of halogens is 1. The van der Waals surface area contributed by atoms with Crippen molar-refractivity contribution in [3.8, 4) is 0 Å². The van der Waals surface area contributed by atoms with E-state index in [2.05, 4.69) is 27.2 Å². The standard InChI is InChI=1S/C17H24FN5/c1-12-10-14(18)4-5-16(12)23-8-6-15(7-9-23)21-13(2)17-19-11-20-22(17)3/h4-5,10-11,13,15,21H,6-9H2,1-3H3. The highest BCUT2D eigenvalue weighted by Crippen LogP contribution is 2.25. The third-order valence-electron chi connectivity index (χ3n) is 4.61. The molecule has 23 heavy (non-hydrogen) atoms. The third kappa shape index (κ3) is 3.52. The first kappa shape index (κ1) is 15.9. The lowest BCUT2D eigenvalue weighted by Crippen LogP contribution is -2.43. The molecule has 1 aromatic carbocycles. The van der Waals surface area contributed by atoms with Gasteiger partial charge >= 0.3 is 0 Å². The van der Waals surface area contributed by atoms with Crippen molar-refractivity contribution in [1.29, 1.82) is 0 Å². The van der Waals surface area contributed by atoms with Gasteiger partial charge in [0.2, 0.25) is 0 Å². The maximum Gasteiger partial charge on any atom is 0.143 e. The van der Waals surface area contributed by atoms with Crippen molar-refractivity contribution in [2.24, 2.45) is 7.05 Å². The minimum Gasteiger partial charge on any atom is -0.371 e. The molecular weight excluding hydrogens is 293 g/mol. The Balaban J connectivity index is 1.57. The maximum absolute atomic E-state index is 13.2. The fourth-order valence-corrected chi connectivity index (χ4v) is 3.39. The van der Waals surface area contributed by atoms with Crippen LogP contribution in [0.2, 0.25) is 0 Å². The summed E-state index contributed by atoms with van der Waals surface area (Å²) in [7, 11) is 1.92. The molecule has 0 spiro atoms. The molecule has 0 bridgehead atoms. The van der Waals surface area contributed by atoms with Crippen LogP contribution in [-0.2, 0) is 7.05 Å². The Hall–Kier alpha value is -1.95. The number of nitrogens with zero attached hydrogens (tertiary/aromatic N) is 4. The minimum absolute atomic E-state index is 0.166.